The predicted octanol–water partition coefficient (Wildman–Crippen LogP) is -1.11. The van der Waals surface area contributed by atoms with Gasteiger partial charge in [0.25, 0.3) is 0 Å². The first-order chi connectivity index (χ1) is 5.95. The maximum atomic E-state index is 10.7. The second-order valence-electron chi connectivity index (χ2n) is 3.16. The van der Waals surface area contributed by atoms with Crippen molar-refractivity contribution in [1.29, 1.82) is 0 Å². The predicted molar refractivity (Wildman–Crippen MR) is 49.7 cm³/mol. The van der Waals surface area contributed by atoms with E-state index in [0.717, 1.165) is 0 Å². The molecule has 0 aromatic heterocycles. The minimum Gasteiger partial charge on any atom is -0.368 e. The van der Waals surface area contributed by atoms with E-state index >= 15 is 0 Å². The van der Waals surface area contributed by atoms with E-state index in [9.17, 15) is 9.59 Å². The highest BCUT2D eigenvalue weighted by Crippen LogP contribution is 2.01. The maximum absolute atomic E-state index is 10.7. The molecule has 0 aliphatic heterocycles. The summed E-state index contributed by atoms with van der Waals surface area (Å²) in [5.41, 5.74) is 15.8. The summed E-state index contributed by atoms with van der Waals surface area (Å²) in [4.78, 5) is 21.2. The molecule has 5 nitrogen and oxygen atoms in total. The molecule has 0 spiro atoms. The number of primary amides is 1. The second-order valence-corrected chi connectivity index (χ2v) is 3.16. The molecular formula is C8H17N3O2. The van der Waals surface area contributed by atoms with Crippen LogP contribution < -0.4 is 17.2 Å². The molecule has 0 saturated carbocycles. The Morgan fingerprint density at radius 1 is 1.15 bits per heavy atom. The Hall–Kier alpha value is -0.940. The molecule has 0 fully saturated rings. The van der Waals surface area contributed by atoms with Crippen molar-refractivity contribution < 1.29 is 9.59 Å². The summed E-state index contributed by atoms with van der Waals surface area (Å²) < 4.78 is 0. The molecule has 76 valence electrons. The highest BCUT2D eigenvalue weighted by molar-refractivity contribution is 5.81. The smallest absolute Gasteiger partial charge is 0.234 e. The molecular weight excluding hydrogens is 170 g/mol. The van der Waals surface area contributed by atoms with Crippen LogP contribution in [-0.4, -0.2) is 23.8 Å². The Kier molecular flexibility index (Phi) is 5.25. The molecule has 0 aliphatic carbocycles. The third kappa shape index (κ3) is 5.32. The van der Waals surface area contributed by atoms with Crippen LogP contribution in [0.5, 0.6) is 0 Å². The van der Waals surface area contributed by atoms with E-state index in [2.05, 4.69) is 0 Å². The number of carbonyl (C=O) groups is 2. The van der Waals surface area contributed by atoms with Crippen molar-refractivity contribution >= 4 is 11.7 Å². The van der Waals surface area contributed by atoms with Crippen LogP contribution >= 0.6 is 0 Å². The van der Waals surface area contributed by atoms with Crippen molar-refractivity contribution in [2.75, 3.05) is 0 Å². The van der Waals surface area contributed by atoms with Gasteiger partial charge in [-0.05, 0) is 26.2 Å². The van der Waals surface area contributed by atoms with Crippen LogP contribution in [0.3, 0.4) is 0 Å². The van der Waals surface area contributed by atoms with E-state index in [1.807, 2.05) is 0 Å². The van der Waals surface area contributed by atoms with Gasteiger partial charge in [0.05, 0.1) is 12.1 Å². The Balaban J connectivity index is 3.56. The molecule has 1 amide bonds. The topological polar surface area (TPSA) is 112 Å². The minimum atomic E-state index is -0.626. The largest absolute Gasteiger partial charge is 0.368 e. The minimum absolute atomic E-state index is 0.0485. The van der Waals surface area contributed by atoms with E-state index in [1.54, 1.807) is 0 Å². The van der Waals surface area contributed by atoms with Crippen LogP contribution in [0, 0.1) is 0 Å². The second kappa shape index (κ2) is 5.66. The molecule has 0 rings (SSSR count). The summed E-state index contributed by atoms with van der Waals surface area (Å²) in [5.74, 6) is -0.566. The number of hydrogen-bond donors (Lipinski definition) is 3. The summed E-state index contributed by atoms with van der Waals surface area (Å²) in [7, 11) is 0. The Labute approximate surface area is 77.6 Å². The van der Waals surface area contributed by atoms with Gasteiger partial charge in [-0.1, -0.05) is 0 Å². The van der Waals surface area contributed by atoms with Crippen molar-refractivity contribution in [2.24, 2.45) is 17.2 Å². The molecule has 0 aliphatic rings. The molecule has 13 heavy (non-hydrogen) atoms. The quantitative estimate of drug-likeness (QED) is 0.489. The van der Waals surface area contributed by atoms with Gasteiger partial charge < -0.3 is 17.2 Å². The van der Waals surface area contributed by atoms with Crippen LogP contribution in [0.4, 0.5) is 0 Å². The molecule has 0 aromatic rings. The fourth-order valence-corrected chi connectivity index (χ4v) is 0.903. The molecule has 0 aromatic carbocycles. The molecule has 6 N–H and O–H groups in total. The zero-order valence-corrected chi connectivity index (χ0v) is 7.82. The van der Waals surface area contributed by atoms with E-state index < -0.39 is 18.0 Å². The average molecular weight is 187 g/mol. The molecule has 0 radical (unpaired) electrons. The number of carbonyl (C=O) groups excluding carboxylic acids is 2. The van der Waals surface area contributed by atoms with E-state index in [4.69, 9.17) is 17.2 Å². The zero-order valence-electron chi connectivity index (χ0n) is 7.82. The van der Waals surface area contributed by atoms with Crippen molar-refractivity contribution in [3.05, 3.63) is 0 Å². The van der Waals surface area contributed by atoms with Crippen LogP contribution in [0.1, 0.15) is 26.2 Å². The first kappa shape index (κ1) is 12.1. The standard InChI is InChI=1S/C8H17N3O2/c1-5(12)6(9)3-2-4-7(10)8(11)13/h6-7H,2-4,9-10H2,1H3,(H2,11,13)/t6?,7-/m0/s1. The van der Waals surface area contributed by atoms with Crippen LogP contribution in [0.25, 0.3) is 0 Å². The van der Waals surface area contributed by atoms with Gasteiger partial charge in [-0.15, -0.1) is 0 Å². The van der Waals surface area contributed by atoms with E-state index in [1.165, 1.54) is 6.92 Å². The zero-order chi connectivity index (χ0) is 10.4. The average Bonchev–Trinajstić information content (AvgIpc) is 2.03. The van der Waals surface area contributed by atoms with Gasteiger partial charge in [0.15, 0.2) is 0 Å². The van der Waals surface area contributed by atoms with Gasteiger partial charge >= 0.3 is 0 Å². The van der Waals surface area contributed by atoms with Gasteiger partial charge in [0.1, 0.15) is 5.78 Å². The van der Waals surface area contributed by atoms with Crippen molar-refractivity contribution in [3.8, 4) is 0 Å². The third-order valence-electron chi connectivity index (χ3n) is 1.92. The van der Waals surface area contributed by atoms with Gasteiger partial charge in [0.2, 0.25) is 5.91 Å². The lowest BCUT2D eigenvalue weighted by Crippen LogP contribution is -2.37. The summed E-state index contributed by atoms with van der Waals surface area (Å²) in [5, 5.41) is 0. The summed E-state index contributed by atoms with van der Waals surface area (Å²) in [6, 6.07) is -1.07. The SMILES string of the molecule is CC(=O)C(N)CCC[C@H](N)C(N)=O. The third-order valence-corrected chi connectivity index (χ3v) is 1.92. The fourth-order valence-electron chi connectivity index (χ4n) is 0.903. The number of rotatable bonds is 6. The van der Waals surface area contributed by atoms with Crippen LogP contribution in [0.2, 0.25) is 0 Å². The lowest BCUT2D eigenvalue weighted by Gasteiger charge is -2.09. The highest BCUT2D eigenvalue weighted by atomic mass is 16.1. The molecule has 0 saturated heterocycles. The molecule has 1 unspecified atom stereocenters. The molecule has 2 atom stereocenters. The Morgan fingerprint density at radius 2 is 1.62 bits per heavy atom. The van der Waals surface area contributed by atoms with E-state index in [-0.39, 0.29) is 5.78 Å². The number of ketones is 1. The fraction of sp³-hybridized carbons (Fsp3) is 0.750. The van der Waals surface area contributed by atoms with E-state index in [0.29, 0.717) is 19.3 Å². The van der Waals surface area contributed by atoms with Gasteiger partial charge in [-0.3, -0.25) is 9.59 Å². The summed E-state index contributed by atoms with van der Waals surface area (Å²) in [6.07, 6.45) is 1.68. The Bertz CT molecular complexity index is 174. The highest BCUT2D eigenvalue weighted by Gasteiger charge is 2.11. The number of hydrogen-bond acceptors (Lipinski definition) is 4. The van der Waals surface area contributed by atoms with Gasteiger partial charge in [0, 0.05) is 0 Å². The first-order valence-electron chi connectivity index (χ1n) is 4.26. The van der Waals surface area contributed by atoms with Crippen LogP contribution in [-0.2, 0) is 9.59 Å². The van der Waals surface area contributed by atoms with Crippen molar-refractivity contribution in [1.82, 2.24) is 0 Å². The summed E-state index contributed by atoms with van der Waals surface area (Å²) in [6.45, 7) is 1.44. The van der Waals surface area contributed by atoms with Crippen molar-refractivity contribution in [2.45, 2.75) is 38.3 Å². The van der Waals surface area contributed by atoms with Gasteiger partial charge in [-0.25, -0.2) is 0 Å². The van der Waals surface area contributed by atoms with Crippen molar-refractivity contribution in [3.63, 3.8) is 0 Å². The number of nitrogens with two attached hydrogens (primary N) is 3. The number of Topliss-reactive ketones (excluding diaryl/α,β-unsaturated/α-hetero) is 1. The van der Waals surface area contributed by atoms with Gasteiger partial charge in [-0.2, -0.15) is 0 Å². The normalized spacial score (nSPS) is 15.0. The summed E-state index contributed by atoms with van der Waals surface area (Å²) >= 11 is 0. The van der Waals surface area contributed by atoms with Crippen LogP contribution in [0.15, 0.2) is 0 Å². The lowest BCUT2D eigenvalue weighted by molar-refractivity contribution is -0.119. The maximum Gasteiger partial charge on any atom is 0.234 e. The number of amides is 1. The first-order valence-corrected chi connectivity index (χ1v) is 4.26. The molecule has 0 bridgehead atoms. The molecule has 5 heteroatoms. The monoisotopic (exact) mass is 187 g/mol. The molecule has 0 heterocycles. The Morgan fingerprint density at radius 3 is 2.00 bits per heavy atom. The lowest BCUT2D eigenvalue weighted by atomic mass is 10.0.